The Morgan fingerprint density at radius 3 is 2.81 bits per heavy atom. The first kappa shape index (κ1) is 14.6. The Kier molecular flexibility index (Phi) is 3.83. The van der Waals surface area contributed by atoms with E-state index in [4.69, 9.17) is 17.3 Å². The molecular formula is C14H15ClIN5. The molecule has 0 aliphatic heterocycles. The van der Waals surface area contributed by atoms with Crippen LogP contribution < -0.4 is 5.73 Å². The first-order valence-electron chi connectivity index (χ1n) is 6.68. The van der Waals surface area contributed by atoms with Crippen LogP contribution in [0.15, 0.2) is 18.2 Å². The summed E-state index contributed by atoms with van der Waals surface area (Å²) in [4.78, 5) is 4.51. The van der Waals surface area contributed by atoms with Crippen molar-refractivity contribution in [2.75, 3.05) is 5.73 Å². The molecule has 0 aliphatic rings. The molecule has 0 amide bonds. The molecule has 0 fully saturated rings. The lowest BCUT2D eigenvalue weighted by Crippen LogP contribution is -2.06. The van der Waals surface area contributed by atoms with E-state index in [2.05, 4.69) is 39.6 Å². The second-order valence-corrected chi connectivity index (χ2v) is 6.49. The van der Waals surface area contributed by atoms with E-state index in [1.807, 2.05) is 34.5 Å². The molecule has 0 bridgehead atoms. The lowest BCUT2D eigenvalue weighted by molar-refractivity contribution is 0.737. The largest absolute Gasteiger partial charge is 0.369 e. The molecule has 1 aromatic carbocycles. The fraction of sp³-hybridized carbons (Fsp3) is 0.286. The number of benzene rings is 1. The highest BCUT2D eigenvalue weighted by molar-refractivity contribution is 14.1. The van der Waals surface area contributed by atoms with E-state index in [1.54, 1.807) is 0 Å². The number of hydrogen-bond acceptors (Lipinski definition) is 3. The number of nitrogens with zero attached hydrogens (tertiary/aromatic N) is 4. The predicted octanol–water partition coefficient (Wildman–Crippen LogP) is 3.55. The monoisotopic (exact) mass is 415 g/mol. The summed E-state index contributed by atoms with van der Waals surface area (Å²) in [5.74, 6) is 0.468. The number of anilines is 1. The third kappa shape index (κ3) is 2.40. The molecule has 0 radical (unpaired) electrons. The lowest BCUT2D eigenvalue weighted by atomic mass is 10.2. The van der Waals surface area contributed by atoms with Crippen LogP contribution >= 0.6 is 34.2 Å². The van der Waals surface area contributed by atoms with Gasteiger partial charge in [-0.1, -0.05) is 24.9 Å². The number of aryl methyl sites for hydroxylation is 2. The minimum Gasteiger partial charge on any atom is -0.369 e. The van der Waals surface area contributed by atoms with Crippen molar-refractivity contribution in [1.29, 1.82) is 0 Å². The summed E-state index contributed by atoms with van der Waals surface area (Å²) < 4.78 is 4.79. The average Bonchev–Trinajstić information content (AvgIpc) is 2.89. The molecule has 2 N–H and O–H groups in total. The highest BCUT2D eigenvalue weighted by Gasteiger charge is 2.19. The summed E-state index contributed by atoms with van der Waals surface area (Å²) in [6.45, 7) is 2.13. The van der Waals surface area contributed by atoms with E-state index >= 15 is 0 Å². The smallest absolute Gasteiger partial charge is 0.207 e. The molecule has 5 nitrogen and oxygen atoms in total. The molecule has 0 atom stereocenters. The Morgan fingerprint density at radius 1 is 1.38 bits per heavy atom. The molecule has 110 valence electrons. The number of nitrogen functional groups attached to an aromatic ring is 1. The summed E-state index contributed by atoms with van der Waals surface area (Å²) >= 11 is 8.29. The van der Waals surface area contributed by atoms with Gasteiger partial charge >= 0.3 is 0 Å². The molecule has 3 rings (SSSR count). The average molecular weight is 416 g/mol. The van der Waals surface area contributed by atoms with Gasteiger partial charge in [0.1, 0.15) is 5.52 Å². The van der Waals surface area contributed by atoms with Crippen molar-refractivity contribution in [3.8, 4) is 5.69 Å². The molecule has 0 aliphatic carbocycles. The van der Waals surface area contributed by atoms with Crippen molar-refractivity contribution in [1.82, 2.24) is 19.3 Å². The first-order chi connectivity index (χ1) is 10.0. The van der Waals surface area contributed by atoms with Crippen molar-refractivity contribution in [3.05, 3.63) is 32.5 Å². The molecule has 2 aromatic heterocycles. The van der Waals surface area contributed by atoms with Crippen LogP contribution in [0.25, 0.3) is 16.9 Å². The van der Waals surface area contributed by atoms with Gasteiger partial charge in [-0.25, -0.2) is 9.67 Å². The maximum Gasteiger partial charge on any atom is 0.207 e. The number of fused-ring (bicyclic) bond motifs is 1. The van der Waals surface area contributed by atoms with Crippen LogP contribution in [-0.2, 0) is 13.5 Å². The van der Waals surface area contributed by atoms with Gasteiger partial charge in [0.2, 0.25) is 5.95 Å². The van der Waals surface area contributed by atoms with Crippen LogP contribution in [0.3, 0.4) is 0 Å². The van der Waals surface area contributed by atoms with E-state index in [-0.39, 0.29) is 0 Å². The number of nitrogens with two attached hydrogens (primary N) is 1. The van der Waals surface area contributed by atoms with Gasteiger partial charge in [-0.15, -0.1) is 0 Å². The molecule has 0 spiro atoms. The van der Waals surface area contributed by atoms with Crippen LogP contribution in [-0.4, -0.2) is 19.3 Å². The van der Waals surface area contributed by atoms with Crippen molar-refractivity contribution in [2.24, 2.45) is 7.05 Å². The van der Waals surface area contributed by atoms with Crippen LogP contribution in [0.2, 0.25) is 5.02 Å². The topological polar surface area (TPSA) is 61.7 Å². The zero-order valence-corrected chi connectivity index (χ0v) is 14.7. The van der Waals surface area contributed by atoms with E-state index in [9.17, 15) is 0 Å². The van der Waals surface area contributed by atoms with Gasteiger partial charge in [0.15, 0.2) is 5.65 Å². The molecule has 7 heteroatoms. The minimum atomic E-state index is 0.468. The number of hydrogen-bond donors (Lipinski definition) is 1. The van der Waals surface area contributed by atoms with Crippen LogP contribution in [0.1, 0.15) is 19.0 Å². The molecule has 3 aromatic rings. The fourth-order valence-corrected chi connectivity index (χ4v) is 3.61. The highest BCUT2D eigenvalue weighted by Crippen LogP contribution is 2.29. The zero-order chi connectivity index (χ0) is 15.1. The molecule has 2 heterocycles. The standard InChI is InChI=1S/C14H15ClIN5/c1-3-4-10-12-13(20(2)19-10)21(14(17)18-12)11-6-5-8(15)7-9(11)16/h5-7H,3-4H2,1-2H3,(H2,17,18). The van der Waals surface area contributed by atoms with Gasteiger partial charge in [-0.3, -0.25) is 4.57 Å². The maximum atomic E-state index is 6.15. The Labute approximate surface area is 141 Å². The molecule has 0 unspecified atom stereocenters. The van der Waals surface area contributed by atoms with Crippen molar-refractivity contribution >= 4 is 51.3 Å². The number of imidazole rings is 1. The number of aromatic nitrogens is 4. The second-order valence-electron chi connectivity index (χ2n) is 4.89. The van der Waals surface area contributed by atoms with Gasteiger partial charge in [0, 0.05) is 15.6 Å². The molecule has 21 heavy (non-hydrogen) atoms. The van der Waals surface area contributed by atoms with Gasteiger partial charge in [-0.2, -0.15) is 5.10 Å². The maximum absolute atomic E-state index is 6.15. The summed E-state index contributed by atoms with van der Waals surface area (Å²) in [5, 5.41) is 5.27. The summed E-state index contributed by atoms with van der Waals surface area (Å²) in [7, 11) is 1.92. The van der Waals surface area contributed by atoms with E-state index in [1.165, 1.54) is 0 Å². The molecular weight excluding hydrogens is 401 g/mol. The van der Waals surface area contributed by atoms with E-state index in [0.717, 1.165) is 39.0 Å². The quantitative estimate of drug-likeness (QED) is 0.666. The van der Waals surface area contributed by atoms with Gasteiger partial charge in [-0.05, 0) is 47.2 Å². The van der Waals surface area contributed by atoms with Crippen molar-refractivity contribution in [3.63, 3.8) is 0 Å². The number of halogens is 2. The lowest BCUT2D eigenvalue weighted by Gasteiger charge is -2.09. The van der Waals surface area contributed by atoms with E-state index in [0.29, 0.717) is 11.0 Å². The zero-order valence-electron chi connectivity index (χ0n) is 11.8. The summed E-state index contributed by atoms with van der Waals surface area (Å²) in [5.41, 5.74) is 9.89. The Bertz CT molecular complexity index is 820. The Hall–Kier alpha value is -1.28. The summed E-state index contributed by atoms with van der Waals surface area (Å²) in [6.07, 6.45) is 1.92. The van der Waals surface area contributed by atoms with E-state index < -0.39 is 0 Å². The highest BCUT2D eigenvalue weighted by atomic mass is 127. The summed E-state index contributed by atoms with van der Waals surface area (Å²) in [6, 6.07) is 5.72. The fourth-order valence-electron chi connectivity index (χ4n) is 2.50. The van der Waals surface area contributed by atoms with Crippen molar-refractivity contribution < 1.29 is 0 Å². The van der Waals surface area contributed by atoms with Crippen LogP contribution in [0.4, 0.5) is 5.95 Å². The Morgan fingerprint density at radius 2 is 2.14 bits per heavy atom. The first-order valence-corrected chi connectivity index (χ1v) is 8.13. The van der Waals surface area contributed by atoms with Crippen LogP contribution in [0.5, 0.6) is 0 Å². The third-order valence-corrected chi connectivity index (χ3v) is 4.47. The van der Waals surface area contributed by atoms with Crippen molar-refractivity contribution in [2.45, 2.75) is 19.8 Å². The third-order valence-electron chi connectivity index (χ3n) is 3.37. The van der Waals surface area contributed by atoms with Gasteiger partial charge < -0.3 is 5.73 Å². The Balaban J connectivity index is 2.30. The normalized spacial score (nSPS) is 11.4. The molecule has 0 saturated heterocycles. The van der Waals surface area contributed by atoms with Gasteiger partial charge in [0.05, 0.1) is 11.4 Å². The second kappa shape index (κ2) is 5.49. The minimum absolute atomic E-state index is 0.468. The SMILES string of the molecule is CCCc1nn(C)c2c1nc(N)n2-c1ccc(Cl)cc1I. The predicted molar refractivity (Wildman–Crippen MR) is 94.0 cm³/mol. The molecule has 0 saturated carbocycles. The number of rotatable bonds is 3. The van der Waals surface area contributed by atoms with Gasteiger partial charge in [0.25, 0.3) is 0 Å². The van der Waals surface area contributed by atoms with Crippen LogP contribution in [0, 0.1) is 3.57 Å².